The van der Waals surface area contributed by atoms with Crippen molar-refractivity contribution in [2.75, 3.05) is 0 Å². The molecule has 0 nitrogen and oxygen atoms in total. The maximum Gasteiger partial charge on any atom is 0 e. The number of hydrogen-bond donors (Lipinski definition) is 0. The molecule has 0 aromatic carbocycles. The molecular formula is S76. The van der Waals surface area contributed by atoms with Crippen LogP contribution in [-0.2, 0) is 680 Å². The maximum atomic E-state index is 4.82. The van der Waals surface area contributed by atoms with Gasteiger partial charge in [0.25, 0.3) is 0 Å². The first-order valence-corrected chi connectivity index (χ1v) is 112. The van der Waals surface area contributed by atoms with Crippen molar-refractivity contribution in [2.24, 2.45) is 0 Å². The van der Waals surface area contributed by atoms with E-state index in [0.29, 0.717) is 0 Å². The van der Waals surface area contributed by atoms with Crippen LogP contribution in [0.1, 0.15) is 0 Å². The monoisotopic (exact) mass is 2430 g/mol. The van der Waals surface area contributed by atoms with Crippen molar-refractivity contribution < 1.29 is 0 Å². The third-order valence-electron chi connectivity index (χ3n) is 2.03. The fraction of sp³-hybridized carbons (Fsp3) is 0. The predicted molar refractivity (Wildman–Crippen MR) is 560 cm³/mol. The smallest absolute Gasteiger partial charge is 0 e. The van der Waals surface area contributed by atoms with Crippen molar-refractivity contribution in [2.45, 2.75) is 0 Å². The zero-order chi connectivity index (χ0) is 54.3. The first-order valence-electron chi connectivity index (χ1n) is 12.5. The summed E-state index contributed by atoms with van der Waals surface area (Å²) in [5, 5.41) is 0. The van der Waals surface area contributed by atoms with E-state index in [0.717, 1.165) is 0 Å². The van der Waals surface area contributed by atoms with Gasteiger partial charge in [0.05, 0.1) is 0 Å². The summed E-state index contributed by atoms with van der Waals surface area (Å²) in [6.07, 6.45) is 0. The molecule has 0 fully saturated rings. The van der Waals surface area contributed by atoms with Gasteiger partial charge in [-0.3, -0.25) is 0 Å². The molecule has 0 saturated heterocycles. The summed E-state index contributed by atoms with van der Waals surface area (Å²) in [6, 6.07) is 0. The highest BCUT2D eigenvalue weighted by Crippen LogP contribution is 1.48. The lowest BCUT2D eigenvalue weighted by Crippen LogP contribution is -1.41. The van der Waals surface area contributed by atoms with E-state index >= 15 is 0 Å². The minimum atomic E-state index is 1.37. The Balaban J connectivity index is 6.15. The van der Waals surface area contributed by atoms with Gasteiger partial charge in [0.2, 0.25) is 0 Å². The van der Waals surface area contributed by atoms with Gasteiger partial charge in [-0.15, -0.1) is 0 Å². The lowest BCUT2D eigenvalue weighted by atomic mass is 30.7. The number of hydrogen-bond acceptors (Lipinski definition) is 2. The van der Waals surface area contributed by atoms with Crippen LogP contribution in [0.15, 0.2) is 0 Å². The summed E-state index contributed by atoms with van der Waals surface area (Å²) >= 11 is 9.65. The van der Waals surface area contributed by atoms with Crippen molar-refractivity contribution in [1.82, 2.24) is 0 Å². The average Bonchev–Trinajstić information content (AvgIpc) is 3.43. The van der Waals surface area contributed by atoms with Crippen LogP contribution in [0.2, 0.25) is 0 Å². The molecule has 0 N–H and O–H groups in total. The van der Waals surface area contributed by atoms with E-state index in [1.165, 1.54) is 17.8 Å². The maximum absolute atomic E-state index is 4.82. The Morgan fingerprint density at radius 1 is 0.0658 bits per heavy atom. The minimum Gasteiger partial charge on any atom is 0 e. The molecule has 0 aliphatic carbocycles. The summed E-state index contributed by atoms with van der Waals surface area (Å²) in [5.74, 6) is 0. The van der Waals surface area contributed by atoms with E-state index in [1.54, 1.807) is 107 Å². The van der Waals surface area contributed by atoms with Crippen LogP contribution < -0.4 is 0 Å². The molecule has 0 radical (unpaired) electrons. The second kappa shape index (κ2) is 91.7. The van der Waals surface area contributed by atoms with Crippen LogP contribution in [0.3, 0.4) is 0 Å². The van der Waals surface area contributed by atoms with E-state index in [4.69, 9.17) is 22.4 Å². The minimum absolute atomic E-state index is 1.37. The van der Waals surface area contributed by atoms with Crippen LogP contribution in [0, 0.1) is 0 Å². The third kappa shape index (κ3) is 90.7. The van der Waals surface area contributed by atoms with Crippen LogP contribution in [0.4, 0.5) is 0 Å². The molecule has 0 heterocycles. The fourth-order valence-electron chi connectivity index (χ4n) is 0.816. The highest BCUT2D eigenvalue weighted by atomic mass is 33.5. The molecule has 0 spiro atoms. The SMILES string of the molecule is S=S=S=S=S=S=S=S=S=S=S=S=S=S=S=S=S=S=S=S=S=S=S=S=S=S=S=S=S=S=S=S=S=S=S=S=S=S=S=S=S=S=S=S=S=S=S=S=S=S=S=S=S=S=S=S=S=S=S=S=S=S=S=S=S=S=S=S=S=S=S=S=S=S=S=S. The lowest BCUT2D eigenvalue weighted by molar-refractivity contribution is 5.95. The molecule has 0 aliphatic rings. The Morgan fingerprint density at radius 3 is 0.145 bits per heavy atom. The van der Waals surface area contributed by atoms with Crippen LogP contribution in [-0.4, -0.2) is 0 Å². The van der Waals surface area contributed by atoms with Crippen molar-refractivity contribution in [3.63, 3.8) is 0 Å². The van der Waals surface area contributed by atoms with Gasteiger partial charge in [-0.1, -0.05) is 0 Å². The Morgan fingerprint density at radius 2 is 0.105 bits per heavy atom. The standard InChI is InChI=1S/S76/c1-3-5-7-9-11-13-15-17-19-21-23-25-27-29-31-33-35-37-39-41-43-45-47-49-51-53-55-57-59-61-63-65-67-69-71-73-75-76-74-72-70-68-66-64-62-60-58-56-54-52-50-48-46-44-42-40-38-36-34-32-30-28-26-24-22-20-18-16-14-12-10-8-6-4-2. The van der Waals surface area contributed by atoms with Crippen LogP contribution in [0.5, 0.6) is 0 Å². The second-order valence-corrected chi connectivity index (χ2v) is 136. The van der Waals surface area contributed by atoms with Crippen molar-refractivity contribution >= 4 is 680 Å². The highest BCUT2D eigenvalue weighted by molar-refractivity contribution is 8.85. The molecule has 0 aromatic rings. The van der Waals surface area contributed by atoms with E-state index in [-0.39, 0.29) is 0 Å². The van der Waals surface area contributed by atoms with Crippen molar-refractivity contribution in [1.29, 1.82) is 0 Å². The molecule has 76 heteroatoms. The van der Waals surface area contributed by atoms with Crippen molar-refractivity contribution in [3.8, 4) is 0 Å². The van der Waals surface area contributed by atoms with Crippen LogP contribution >= 0.6 is 0 Å². The molecule has 76 heavy (non-hydrogen) atoms. The predicted octanol–water partition coefficient (Wildman–Crippen LogP) is -0.182. The molecule has 0 saturated carbocycles. The molecular weight excluding hydrogens is 2440 g/mol. The first-order chi connectivity index (χ1) is 37.9. The van der Waals surface area contributed by atoms with E-state index in [9.17, 15) is 0 Å². The summed E-state index contributed by atoms with van der Waals surface area (Å²) in [4.78, 5) is 0. The summed E-state index contributed by atoms with van der Waals surface area (Å²) in [5.41, 5.74) is 0. The number of rotatable bonds is 0. The van der Waals surface area contributed by atoms with Crippen molar-refractivity contribution in [3.05, 3.63) is 0 Å². The third-order valence-corrected chi connectivity index (χ3v) is 164. The summed E-state index contributed by atoms with van der Waals surface area (Å²) < 4.78 is 0. The molecule has 0 aliphatic heterocycles. The Bertz CT molecular complexity index is 5370. The normalized spacial score (nSPS) is 7.84. The van der Waals surface area contributed by atoms with Gasteiger partial charge in [-0.05, 0) is 0 Å². The highest BCUT2D eigenvalue weighted by Gasteiger charge is 1.48. The van der Waals surface area contributed by atoms with E-state index in [2.05, 4.69) is 0 Å². The molecule has 0 bridgehead atoms. The summed E-state index contributed by atoms with van der Waals surface area (Å²) in [7, 11) is 133. The Labute approximate surface area is 658 Å². The van der Waals surface area contributed by atoms with Gasteiger partial charge >= 0.3 is 0 Å². The molecule has 0 atom stereocenters. The largest absolute Gasteiger partial charge is 0 e. The molecule has 0 aromatic heterocycles. The van der Waals surface area contributed by atoms with Gasteiger partial charge in [-0.25, -0.2) is 0 Å². The topological polar surface area (TPSA) is 0 Å². The lowest BCUT2D eigenvalue weighted by Gasteiger charge is -1.41. The zero-order valence-electron chi connectivity index (χ0n) is 31.0. The Hall–Kier alpha value is 16.7. The second-order valence-electron chi connectivity index (χ2n) is 5.04. The van der Waals surface area contributed by atoms with E-state index < -0.39 is 0 Å². The van der Waals surface area contributed by atoms with Gasteiger partial charge in [0, 0.05) is 680 Å². The summed E-state index contributed by atoms with van der Waals surface area (Å²) in [6.45, 7) is 0. The first kappa shape index (κ1) is 92.7. The molecule has 456 valence electrons. The molecule has 0 rings (SSSR count). The van der Waals surface area contributed by atoms with Gasteiger partial charge in [0.1, 0.15) is 0 Å². The Kier molecular flexibility index (Phi) is 112. The molecule has 0 amide bonds. The quantitative estimate of drug-likeness (QED) is 0.331. The average molecular weight is 2440 g/mol. The molecule has 0 unspecified atom stereocenters. The van der Waals surface area contributed by atoms with Gasteiger partial charge in [0.15, 0.2) is 0 Å². The zero-order valence-corrected chi connectivity index (χ0v) is 93.1. The van der Waals surface area contributed by atoms with Crippen LogP contribution in [0.25, 0.3) is 0 Å². The van der Waals surface area contributed by atoms with Gasteiger partial charge < -0.3 is 0 Å². The van der Waals surface area contributed by atoms with Gasteiger partial charge in [-0.2, -0.15) is 0 Å². The van der Waals surface area contributed by atoms with E-state index in [1.807, 2.05) is 533 Å². The fourth-order valence-corrected chi connectivity index (χ4v) is 198.